The fourth-order valence-electron chi connectivity index (χ4n) is 2.23. The smallest absolute Gasteiger partial charge is 0.203 e. The molecule has 2 aromatic carbocycles. The summed E-state index contributed by atoms with van der Waals surface area (Å²) in [6.45, 7) is 3.94. The number of nitrogens with zero attached hydrogens (tertiary/aromatic N) is 1. The van der Waals surface area contributed by atoms with E-state index in [9.17, 15) is 15.2 Å². The third-order valence-corrected chi connectivity index (χ3v) is 3.70. The average molecular weight is 342 g/mol. The second kappa shape index (κ2) is 7.67. The van der Waals surface area contributed by atoms with E-state index in [2.05, 4.69) is 0 Å². The van der Waals surface area contributed by atoms with Gasteiger partial charge in [0.05, 0.1) is 11.6 Å². The number of rotatable bonds is 5. The number of aromatic hydroxyl groups is 1. The number of hydrogen-bond donors (Lipinski definition) is 1. The molecule has 0 aliphatic carbocycles. The second-order valence-electron chi connectivity index (χ2n) is 5.10. The Bertz CT molecular complexity index is 850. The number of ketones is 1. The summed E-state index contributed by atoms with van der Waals surface area (Å²) in [6, 6.07) is 12.0. The Morgan fingerprint density at radius 1 is 1.38 bits per heavy atom. The second-order valence-corrected chi connectivity index (χ2v) is 5.50. The van der Waals surface area contributed by atoms with Crippen molar-refractivity contribution in [1.29, 1.82) is 5.26 Å². The number of aryl methyl sites for hydroxylation is 1. The minimum absolute atomic E-state index is 0.0199. The molecule has 2 aromatic rings. The van der Waals surface area contributed by atoms with Crippen molar-refractivity contribution in [3.63, 3.8) is 0 Å². The molecular weight excluding hydrogens is 326 g/mol. The highest BCUT2D eigenvalue weighted by Gasteiger charge is 2.15. The van der Waals surface area contributed by atoms with E-state index in [-0.39, 0.29) is 27.9 Å². The summed E-state index contributed by atoms with van der Waals surface area (Å²) in [5.74, 6) is -0.325. The lowest BCUT2D eigenvalue weighted by molar-refractivity contribution is 0.103. The summed E-state index contributed by atoms with van der Waals surface area (Å²) in [5.41, 5.74) is 1.75. The maximum Gasteiger partial charge on any atom is 0.203 e. The van der Waals surface area contributed by atoms with E-state index in [0.717, 1.165) is 5.56 Å². The van der Waals surface area contributed by atoms with Crippen LogP contribution in [0.1, 0.15) is 28.4 Å². The predicted molar refractivity (Wildman–Crippen MR) is 93.4 cm³/mol. The van der Waals surface area contributed by atoms with Gasteiger partial charge in [0.2, 0.25) is 5.78 Å². The lowest BCUT2D eigenvalue weighted by atomic mass is 9.98. The Labute approximate surface area is 145 Å². The van der Waals surface area contributed by atoms with Gasteiger partial charge in [0.1, 0.15) is 11.6 Å². The van der Waals surface area contributed by atoms with Gasteiger partial charge in [-0.3, -0.25) is 4.79 Å². The minimum Gasteiger partial charge on any atom is -0.503 e. The Morgan fingerprint density at radius 3 is 2.71 bits per heavy atom. The zero-order valence-electron chi connectivity index (χ0n) is 13.3. The minimum atomic E-state index is -0.363. The Hall–Kier alpha value is -2.77. The van der Waals surface area contributed by atoms with Crippen molar-refractivity contribution in [3.8, 4) is 17.6 Å². The average Bonchev–Trinajstić information content (AvgIpc) is 2.57. The van der Waals surface area contributed by atoms with Gasteiger partial charge in [-0.15, -0.1) is 0 Å². The fraction of sp³-hybridized carbons (Fsp3) is 0.158. The molecule has 0 radical (unpaired) electrons. The van der Waals surface area contributed by atoms with Gasteiger partial charge in [-0.2, -0.15) is 5.26 Å². The first kappa shape index (κ1) is 17.6. The van der Waals surface area contributed by atoms with Crippen LogP contribution in [-0.2, 0) is 0 Å². The van der Waals surface area contributed by atoms with Crippen LogP contribution in [0.5, 0.6) is 11.5 Å². The molecule has 4 nitrogen and oxygen atoms in total. The Balaban J connectivity index is 2.46. The summed E-state index contributed by atoms with van der Waals surface area (Å²) in [4.78, 5) is 12.6. The highest BCUT2D eigenvalue weighted by molar-refractivity contribution is 6.32. The third-order valence-electron chi connectivity index (χ3n) is 3.42. The zero-order chi connectivity index (χ0) is 17.7. The molecule has 0 aliphatic heterocycles. The van der Waals surface area contributed by atoms with E-state index in [1.165, 1.54) is 18.2 Å². The maximum absolute atomic E-state index is 12.6. The van der Waals surface area contributed by atoms with Gasteiger partial charge < -0.3 is 9.84 Å². The van der Waals surface area contributed by atoms with Gasteiger partial charge in [-0.1, -0.05) is 35.9 Å². The number of nitriles is 1. The zero-order valence-corrected chi connectivity index (χ0v) is 14.1. The van der Waals surface area contributed by atoms with Crippen LogP contribution >= 0.6 is 11.6 Å². The number of allylic oxidation sites excluding steroid dienone is 1. The van der Waals surface area contributed by atoms with Gasteiger partial charge in [0, 0.05) is 5.56 Å². The monoisotopic (exact) mass is 341 g/mol. The van der Waals surface area contributed by atoms with Crippen molar-refractivity contribution < 1.29 is 14.6 Å². The molecule has 0 saturated heterocycles. The largest absolute Gasteiger partial charge is 0.503 e. The van der Waals surface area contributed by atoms with Crippen LogP contribution in [0, 0.1) is 18.3 Å². The van der Waals surface area contributed by atoms with Gasteiger partial charge >= 0.3 is 0 Å². The van der Waals surface area contributed by atoms with Crippen LogP contribution in [0.2, 0.25) is 5.02 Å². The Morgan fingerprint density at radius 2 is 2.08 bits per heavy atom. The lowest BCUT2D eigenvalue weighted by Crippen LogP contribution is -2.04. The molecule has 0 bridgehead atoms. The molecule has 0 spiro atoms. The molecular formula is C19H16ClNO3. The van der Waals surface area contributed by atoms with Crippen molar-refractivity contribution in [2.24, 2.45) is 0 Å². The SMILES string of the molecule is CCOc1cc(/C=C(\C#N)C(=O)c2ccccc2C)cc(Cl)c1O. The van der Waals surface area contributed by atoms with Crippen molar-refractivity contribution in [2.45, 2.75) is 13.8 Å². The quantitative estimate of drug-likeness (QED) is 0.492. The van der Waals surface area contributed by atoms with Crippen LogP contribution < -0.4 is 4.74 Å². The van der Waals surface area contributed by atoms with E-state index in [1.807, 2.05) is 25.1 Å². The number of benzene rings is 2. The summed E-state index contributed by atoms with van der Waals surface area (Å²) in [7, 11) is 0. The fourth-order valence-corrected chi connectivity index (χ4v) is 2.45. The maximum atomic E-state index is 12.6. The van der Waals surface area contributed by atoms with Gasteiger partial charge in [0.25, 0.3) is 0 Å². The number of carbonyl (C=O) groups is 1. The first-order valence-corrected chi connectivity index (χ1v) is 7.73. The summed E-state index contributed by atoms with van der Waals surface area (Å²) >= 11 is 5.98. The number of carbonyl (C=O) groups excluding carboxylic acids is 1. The highest BCUT2D eigenvalue weighted by Crippen LogP contribution is 2.36. The molecule has 0 saturated carbocycles. The standard InChI is InChI=1S/C19H16ClNO3/c1-3-24-17-10-13(9-16(20)19(17)23)8-14(11-21)18(22)15-7-5-4-6-12(15)2/h4-10,23H,3H2,1-2H3/b14-8+. The molecule has 0 heterocycles. The third kappa shape index (κ3) is 3.76. The molecule has 0 aromatic heterocycles. The first-order chi connectivity index (χ1) is 11.5. The first-order valence-electron chi connectivity index (χ1n) is 7.35. The van der Waals surface area contributed by atoms with Crippen LogP contribution in [0.15, 0.2) is 42.0 Å². The normalized spacial score (nSPS) is 11.0. The van der Waals surface area contributed by atoms with Crippen molar-refractivity contribution >= 4 is 23.5 Å². The predicted octanol–water partition coefficient (Wildman–Crippen LogP) is 4.54. The van der Waals surface area contributed by atoms with Crippen LogP contribution in [0.4, 0.5) is 0 Å². The van der Waals surface area contributed by atoms with Crippen LogP contribution in [0.3, 0.4) is 0 Å². The van der Waals surface area contributed by atoms with Gasteiger partial charge in [-0.05, 0) is 43.2 Å². The number of hydrogen-bond acceptors (Lipinski definition) is 4. The summed E-state index contributed by atoms with van der Waals surface area (Å²) in [6.07, 6.45) is 1.43. The molecule has 0 aliphatic rings. The number of phenolic OH excluding ortho intramolecular Hbond substituents is 1. The van der Waals surface area contributed by atoms with E-state index in [4.69, 9.17) is 16.3 Å². The topological polar surface area (TPSA) is 70.3 Å². The summed E-state index contributed by atoms with van der Waals surface area (Å²) < 4.78 is 5.31. The van der Waals surface area contributed by atoms with E-state index in [0.29, 0.717) is 17.7 Å². The highest BCUT2D eigenvalue weighted by atomic mass is 35.5. The van der Waals surface area contributed by atoms with Crippen molar-refractivity contribution in [2.75, 3.05) is 6.61 Å². The number of ether oxygens (including phenoxy) is 1. The molecule has 5 heteroatoms. The van der Waals surface area contributed by atoms with Gasteiger partial charge in [-0.25, -0.2) is 0 Å². The molecule has 0 atom stereocenters. The van der Waals surface area contributed by atoms with Crippen molar-refractivity contribution in [3.05, 3.63) is 63.7 Å². The molecule has 122 valence electrons. The molecule has 0 amide bonds. The molecule has 0 unspecified atom stereocenters. The van der Waals surface area contributed by atoms with Crippen molar-refractivity contribution in [1.82, 2.24) is 0 Å². The van der Waals surface area contributed by atoms with E-state index in [1.54, 1.807) is 19.1 Å². The van der Waals surface area contributed by atoms with E-state index >= 15 is 0 Å². The number of phenols is 1. The molecule has 2 rings (SSSR count). The molecule has 1 N–H and O–H groups in total. The van der Waals surface area contributed by atoms with Gasteiger partial charge in [0.15, 0.2) is 11.5 Å². The van der Waals surface area contributed by atoms with Crippen LogP contribution in [0.25, 0.3) is 6.08 Å². The Kier molecular flexibility index (Phi) is 5.62. The molecule has 24 heavy (non-hydrogen) atoms. The van der Waals surface area contributed by atoms with E-state index < -0.39 is 0 Å². The lowest BCUT2D eigenvalue weighted by Gasteiger charge is -2.09. The van der Waals surface area contributed by atoms with Crippen LogP contribution in [-0.4, -0.2) is 17.5 Å². The number of Topliss-reactive ketones (excluding diaryl/α,β-unsaturated/α-hetero) is 1. The molecule has 0 fully saturated rings. The number of halogens is 1. The summed E-state index contributed by atoms with van der Waals surface area (Å²) in [5, 5.41) is 19.3.